The van der Waals surface area contributed by atoms with Gasteiger partial charge in [-0.1, -0.05) is 0 Å². The van der Waals surface area contributed by atoms with Crippen LogP contribution in [0, 0.1) is 0 Å². The van der Waals surface area contributed by atoms with Gasteiger partial charge in [-0.3, -0.25) is 9.48 Å². The van der Waals surface area contributed by atoms with E-state index in [4.69, 9.17) is 5.73 Å². The number of nitrogens with one attached hydrogen (secondary N) is 1. The van der Waals surface area contributed by atoms with E-state index < -0.39 is 0 Å². The summed E-state index contributed by atoms with van der Waals surface area (Å²) in [5.74, 6) is -0.142. The van der Waals surface area contributed by atoms with Gasteiger partial charge in [0.05, 0.1) is 17.6 Å². The van der Waals surface area contributed by atoms with Gasteiger partial charge in [0, 0.05) is 24.5 Å². The molecule has 0 saturated heterocycles. The fourth-order valence-corrected chi connectivity index (χ4v) is 2.22. The zero-order valence-corrected chi connectivity index (χ0v) is 11.7. The van der Waals surface area contributed by atoms with Crippen LogP contribution in [0.5, 0.6) is 0 Å². The van der Waals surface area contributed by atoms with Gasteiger partial charge in [-0.15, -0.1) is 0 Å². The van der Waals surface area contributed by atoms with Crippen molar-refractivity contribution in [3.8, 4) is 0 Å². The number of amides is 1. The second-order valence-electron chi connectivity index (χ2n) is 5.55. The smallest absolute Gasteiger partial charge is 0.272 e. The molecule has 6 heteroatoms. The van der Waals surface area contributed by atoms with E-state index in [1.807, 2.05) is 35.5 Å². The molecule has 2 heterocycles. The van der Waals surface area contributed by atoms with E-state index in [-0.39, 0.29) is 11.9 Å². The molecule has 0 atom stereocenters. The summed E-state index contributed by atoms with van der Waals surface area (Å²) in [6, 6.07) is 2.42. The van der Waals surface area contributed by atoms with E-state index in [0.717, 1.165) is 12.8 Å². The molecule has 0 unspecified atom stereocenters. The Hall–Kier alpha value is -2.24. The molecule has 1 aliphatic rings. The Morgan fingerprint density at radius 3 is 2.80 bits per heavy atom. The molecule has 0 aliphatic heterocycles. The summed E-state index contributed by atoms with van der Waals surface area (Å²) >= 11 is 0. The molecule has 2 aromatic heterocycles. The summed E-state index contributed by atoms with van der Waals surface area (Å²) in [6.45, 7) is 4.08. The van der Waals surface area contributed by atoms with Crippen LogP contribution in [0.4, 0.5) is 11.4 Å². The first-order valence-corrected chi connectivity index (χ1v) is 6.87. The molecule has 1 amide bonds. The molecule has 0 bridgehead atoms. The number of nitrogens with zero attached hydrogens (tertiary/aromatic N) is 3. The third-order valence-corrected chi connectivity index (χ3v) is 3.43. The predicted octanol–water partition coefficient (Wildman–Crippen LogP) is 2.43. The largest absolute Gasteiger partial charge is 0.397 e. The van der Waals surface area contributed by atoms with Gasteiger partial charge >= 0.3 is 0 Å². The van der Waals surface area contributed by atoms with E-state index in [0.29, 0.717) is 23.1 Å². The first kappa shape index (κ1) is 12.8. The molecule has 2 aromatic rings. The van der Waals surface area contributed by atoms with Crippen LogP contribution in [-0.4, -0.2) is 20.3 Å². The van der Waals surface area contributed by atoms with Crippen LogP contribution in [-0.2, 0) is 0 Å². The predicted molar refractivity (Wildman–Crippen MR) is 77.7 cm³/mol. The molecule has 1 fully saturated rings. The van der Waals surface area contributed by atoms with Crippen molar-refractivity contribution in [1.82, 2.24) is 14.3 Å². The Labute approximate surface area is 117 Å². The normalized spacial score (nSPS) is 14.8. The average Bonchev–Trinajstić information content (AvgIpc) is 3.00. The number of hydrogen-bond donors (Lipinski definition) is 2. The Morgan fingerprint density at radius 1 is 1.45 bits per heavy atom. The summed E-state index contributed by atoms with van der Waals surface area (Å²) < 4.78 is 3.78. The van der Waals surface area contributed by atoms with Crippen LogP contribution < -0.4 is 11.1 Å². The zero-order chi connectivity index (χ0) is 14.3. The molecule has 0 spiro atoms. The maximum atomic E-state index is 12.3. The first-order chi connectivity index (χ1) is 9.54. The van der Waals surface area contributed by atoms with Crippen molar-refractivity contribution < 1.29 is 4.79 Å². The lowest BCUT2D eigenvalue weighted by molar-refractivity contribution is 0.101. The van der Waals surface area contributed by atoms with Crippen LogP contribution >= 0.6 is 0 Å². The number of hydrogen-bond acceptors (Lipinski definition) is 3. The molecule has 1 saturated carbocycles. The monoisotopic (exact) mass is 273 g/mol. The summed E-state index contributed by atoms with van der Waals surface area (Å²) in [6.07, 6.45) is 7.55. The number of rotatable bonds is 4. The average molecular weight is 273 g/mol. The fourth-order valence-electron chi connectivity index (χ4n) is 2.22. The number of carbonyl (C=O) groups is 1. The maximum Gasteiger partial charge on any atom is 0.272 e. The quantitative estimate of drug-likeness (QED) is 0.898. The van der Waals surface area contributed by atoms with Crippen molar-refractivity contribution >= 4 is 17.3 Å². The van der Waals surface area contributed by atoms with Gasteiger partial charge in [0.25, 0.3) is 5.91 Å². The highest BCUT2D eigenvalue weighted by Gasteiger charge is 2.27. The maximum absolute atomic E-state index is 12.3. The number of anilines is 2. The van der Waals surface area contributed by atoms with Gasteiger partial charge in [0.2, 0.25) is 0 Å². The fraction of sp³-hybridized carbons (Fsp3) is 0.429. The summed E-state index contributed by atoms with van der Waals surface area (Å²) in [5, 5.41) is 7.08. The number of carbonyl (C=O) groups excluding carboxylic acids is 1. The molecule has 3 N–H and O–H groups in total. The van der Waals surface area contributed by atoms with Crippen molar-refractivity contribution in [3.63, 3.8) is 0 Å². The summed E-state index contributed by atoms with van der Waals surface area (Å²) in [7, 11) is 0. The minimum absolute atomic E-state index is 0.142. The first-order valence-electron chi connectivity index (χ1n) is 6.87. The van der Waals surface area contributed by atoms with Crippen LogP contribution in [0.3, 0.4) is 0 Å². The zero-order valence-electron chi connectivity index (χ0n) is 11.7. The lowest BCUT2D eigenvalue weighted by Crippen LogP contribution is -2.16. The summed E-state index contributed by atoms with van der Waals surface area (Å²) in [4.78, 5) is 12.3. The molecule has 0 radical (unpaired) electrons. The summed E-state index contributed by atoms with van der Waals surface area (Å²) in [5.41, 5.74) is 7.74. The van der Waals surface area contributed by atoms with Gasteiger partial charge in [-0.25, -0.2) is 0 Å². The topological polar surface area (TPSA) is 77.9 Å². The molecular weight excluding hydrogens is 254 g/mol. The lowest BCUT2D eigenvalue weighted by atomic mass is 10.3. The molecule has 0 aromatic carbocycles. The van der Waals surface area contributed by atoms with E-state index in [2.05, 4.69) is 10.4 Å². The Morgan fingerprint density at radius 2 is 2.20 bits per heavy atom. The molecule has 3 rings (SSSR count). The lowest BCUT2D eigenvalue weighted by Gasteiger charge is -2.07. The van der Waals surface area contributed by atoms with Crippen molar-refractivity contribution in [2.75, 3.05) is 11.1 Å². The SMILES string of the molecule is CC(C)n1cc(NC(=O)c2cc(N)cn2C2CC2)cn1. The van der Waals surface area contributed by atoms with Crippen LogP contribution in [0.2, 0.25) is 0 Å². The number of nitrogens with two attached hydrogens (primary N) is 1. The standard InChI is InChI=1S/C14H19N5O/c1-9(2)19-8-11(6-16-19)17-14(20)13-5-10(15)7-18(13)12-3-4-12/h5-9,12H,3-4,15H2,1-2H3,(H,17,20). The molecule has 6 nitrogen and oxygen atoms in total. The Kier molecular flexibility index (Phi) is 3.00. The van der Waals surface area contributed by atoms with E-state index in [1.165, 1.54) is 0 Å². The Bertz CT molecular complexity index is 636. The Balaban J connectivity index is 1.78. The third-order valence-electron chi connectivity index (χ3n) is 3.43. The number of aromatic nitrogens is 3. The van der Waals surface area contributed by atoms with Gasteiger partial charge in [-0.05, 0) is 32.8 Å². The highest BCUT2D eigenvalue weighted by Crippen LogP contribution is 2.37. The van der Waals surface area contributed by atoms with Crippen LogP contribution in [0.15, 0.2) is 24.7 Å². The minimum atomic E-state index is -0.142. The minimum Gasteiger partial charge on any atom is -0.397 e. The third kappa shape index (κ3) is 2.41. The highest BCUT2D eigenvalue weighted by molar-refractivity contribution is 6.03. The van der Waals surface area contributed by atoms with Gasteiger partial charge < -0.3 is 15.6 Å². The van der Waals surface area contributed by atoms with Crippen molar-refractivity contribution in [3.05, 3.63) is 30.4 Å². The number of nitrogen functional groups attached to an aromatic ring is 1. The van der Waals surface area contributed by atoms with Gasteiger partial charge in [-0.2, -0.15) is 5.10 Å². The second-order valence-corrected chi connectivity index (χ2v) is 5.55. The van der Waals surface area contributed by atoms with Crippen LogP contribution in [0.25, 0.3) is 0 Å². The molecule has 1 aliphatic carbocycles. The van der Waals surface area contributed by atoms with E-state index in [1.54, 1.807) is 12.3 Å². The second kappa shape index (κ2) is 4.70. The molecular formula is C14H19N5O. The molecule has 106 valence electrons. The van der Waals surface area contributed by atoms with Crippen LogP contribution in [0.1, 0.15) is 49.3 Å². The van der Waals surface area contributed by atoms with Crippen molar-refractivity contribution in [2.45, 2.75) is 38.8 Å². The van der Waals surface area contributed by atoms with E-state index in [9.17, 15) is 4.79 Å². The van der Waals surface area contributed by atoms with Gasteiger partial charge in [0.15, 0.2) is 0 Å². The van der Waals surface area contributed by atoms with Crippen molar-refractivity contribution in [1.29, 1.82) is 0 Å². The molecule has 20 heavy (non-hydrogen) atoms. The van der Waals surface area contributed by atoms with E-state index >= 15 is 0 Å². The van der Waals surface area contributed by atoms with Gasteiger partial charge in [0.1, 0.15) is 5.69 Å². The van der Waals surface area contributed by atoms with Crippen molar-refractivity contribution in [2.24, 2.45) is 0 Å². The highest BCUT2D eigenvalue weighted by atomic mass is 16.2.